The third-order valence-corrected chi connectivity index (χ3v) is 6.32. The van der Waals surface area contributed by atoms with E-state index in [1.54, 1.807) is 24.6 Å². The monoisotopic (exact) mass is 356 g/mol. The van der Waals surface area contributed by atoms with Crippen molar-refractivity contribution in [3.05, 3.63) is 45.9 Å². The fraction of sp³-hybridized carbons (Fsp3) is 0.500. The van der Waals surface area contributed by atoms with Gasteiger partial charge in [-0.25, -0.2) is 4.98 Å². The number of amides is 1. The number of nitrogens with zero attached hydrogens (tertiary/aromatic N) is 2. The van der Waals surface area contributed by atoms with E-state index >= 15 is 0 Å². The predicted molar refractivity (Wildman–Crippen MR) is 99.3 cm³/mol. The molecule has 2 heterocycles. The molecule has 0 bridgehead atoms. The molecule has 2 aliphatic rings. The van der Waals surface area contributed by atoms with Gasteiger partial charge in [0.05, 0.1) is 24.4 Å². The molecule has 25 heavy (non-hydrogen) atoms. The van der Waals surface area contributed by atoms with Crippen LogP contribution < -0.4 is 4.74 Å². The Bertz CT molecular complexity index is 736. The van der Waals surface area contributed by atoms with Gasteiger partial charge in [-0.1, -0.05) is 25.0 Å². The van der Waals surface area contributed by atoms with Crippen molar-refractivity contribution in [3.8, 4) is 5.75 Å². The lowest BCUT2D eigenvalue weighted by molar-refractivity contribution is 0.0685. The molecule has 132 valence electrons. The molecule has 0 radical (unpaired) electrons. The Morgan fingerprint density at radius 3 is 2.68 bits per heavy atom. The summed E-state index contributed by atoms with van der Waals surface area (Å²) >= 11 is 1.59. The van der Waals surface area contributed by atoms with Gasteiger partial charge in [0.25, 0.3) is 5.91 Å². The number of ether oxygens (including phenoxy) is 1. The van der Waals surface area contributed by atoms with Gasteiger partial charge in [-0.05, 0) is 43.4 Å². The Morgan fingerprint density at radius 2 is 1.96 bits per heavy atom. The van der Waals surface area contributed by atoms with Gasteiger partial charge in [0.2, 0.25) is 0 Å². The highest BCUT2D eigenvalue weighted by atomic mass is 32.1. The van der Waals surface area contributed by atoms with Crippen LogP contribution in [0.2, 0.25) is 0 Å². The van der Waals surface area contributed by atoms with Gasteiger partial charge in [0.1, 0.15) is 10.6 Å². The molecule has 1 aliphatic carbocycles. The zero-order valence-corrected chi connectivity index (χ0v) is 15.4. The second kappa shape index (κ2) is 7.16. The van der Waals surface area contributed by atoms with Crippen LogP contribution >= 0.6 is 11.3 Å². The normalized spacial score (nSPS) is 21.0. The second-order valence-electron chi connectivity index (χ2n) is 6.97. The first kappa shape index (κ1) is 16.6. The van der Waals surface area contributed by atoms with Gasteiger partial charge in [-0.3, -0.25) is 4.79 Å². The van der Waals surface area contributed by atoms with Crippen molar-refractivity contribution >= 4 is 17.2 Å². The minimum atomic E-state index is 0.145. The van der Waals surface area contributed by atoms with E-state index in [0.29, 0.717) is 5.92 Å². The van der Waals surface area contributed by atoms with Crippen LogP contribution in [-0.4, -0.2) is 29.4 Å². The standard InChI is InChI=1S/C20H24N2O2S/c1-24-16-10-8-14(9-11-16)17-5-3-2-4-12-22(17)20(23)18-13-21-19(25-18)15-6-7-15/h8-11,13,15,17H,2-7,12H2,1H3. The Morgan fingerprint density at radius 1 is 1.16 bits per heavy atom. The highest BCUT2D eigenvalue weighted by Gasteiger charge is 2.31. The lowest BCUT2D eigenvalue weighted by Crippen LogP contribution is -2.34. The maximum Gasteiger partial charge on any atom is 0.266 e. The van der Waals surface area contributed by atoms with Crippen LogP contribution in [0.4, 0.5) is 0 Å². The Hall–Kier alpha value is -1.88. The summed E-state index contributed by atoms with van der Waals surface area (Å²) in [6, 6.07) is 8.31. The zero-order valence-electron chi connectivity index (χ0n) is 14.6. The van der Waals surface area contributed by atoms with E-state index in [4.69, 9.17) is 4.74 Å². The molecule has 2 aromatic rings. The molecular formula is C20H24N2O2S. The van der Waals surface area contributed by atoms with Crippen molar-refractivity contribution in [1.82, 2.24) is 9.88 Å². The van der Waals surface area contributed by atoms with Gasteiger partial charge in [-0.15, -0.1) is 11.3 Å². The van der Waals surface area contributed by atoms with Crippen LogP contribution in [0.5, 0.6) is 5.75 Å². The molecule has 2 fully saturated rings. The zero-order chi connectivity index (χ0) is 17.2. The number of carbonyl (C=O) groups is 1. The summed E-state index contributed by atoms with van der Waals surface area (Å²) in [4.78, 5) is 20.5. The maximum absolute atomic E-state index is 13.2. The highest BCUT2D eigenvalue weighted by Crippen LogP contribution is 2.42. The minimum Gasteiger partial charge on any atom is -0.497 e. The van der Waals surface area contributed by atoms with Crippen LogP contribution in [0.1, 0.15) is 70.7 Å². The lowest BCUT2D eigenvalue weighted by atomic mass is 10.0. The molecule has 1 aliphatic heterocycles. The average molecular weight is 356 g/mol. The summed E-state index contributed by atoms with van der Waals surface area (Å²) in [5, 5.41) is 1.14. The van der Waals surface area contributed by atoms with E-state index in [1.165, 1.54) is 24.8 Å². The van der Waals surface area contributed by atoms with E-state index in [-0.39, 0.29) is 11.9 Å². The summed E-state index contributed by atoms with van der Waals surface area (Å²) in [6.45, 7) is 0.826. The molecule has 1 aromatic heterocycles. The van der Waals surface area contributed by atoms with Gasteiger partial charge in [0, 0.05) is 12.5 Å². The van der Waals surface area contributed by atoms with Gasteiger partial charge < -0.3 is 9.64 Å². The molecule has 4 nitrogen and oxygen atoms in total. The van der Waals surface area contributed by atoms with Crippen molar-refractivity contribution in [3.63, 3.8) is 0 Å². The Labute approximate surface area is 152 Å². The topological polar surface area (TPSA) is 42.4 Å². The average Bonchev–Trinajstić information content (AvgIpc) is 3.43. The first-order valence-corrected chi connectivity index (χ1v) is 9.98. The quantitative estimate of drug-likeness (QED) is 0.791. The summed E-state index contributed by atoms with van der Waals surface area (Å²) in [6.07, 6.45) is 8.68. The van der Waals surface area contributed by atoms with Crippen LogP contribution in [0, 0.1) is 0 Å². The molecule has 1 aromatic carbocycles. The molecule has 1 saturated heterocycles. The molecule has 4 rings (SSSR count). The highest BCUT2D eigenvalue weighted by molar-refractivity contribution is 7.13. The van der Waals surface area contributed by atoms with Crippen molar-refractivity contribution < 1.29 is 9.53 Å². The second-order valence-corrected chi connectivity index (χ2v) is 8.04. The van der Waals surface area contributed by atoms with Gasteiger partial charge in [0.15, 0.2) is 0 Å². The molecule has 1 unspecified atom stereocenters. The predicted octanol–water partition coefficient (Wildman–Crippen LogP) is 4.79. The van der Waals surface area contributed by atoms with Crippen LogP contribution in [0.15, 0.2) is 30.5 Å². The number of likely N-dealkylation sites (tertiary alicyclic amines) is 1. The largest absolute Gasteiger partial charge is 0.497 e. The number of methoxy groups -OCH3 is 1. The number of hydrogen-bond donors (Lipinski definition) is 0. The number of thiazole rings is 1. The Kier molecular flexibility index (Phi) is 4.75. The summed E-state index contributed by atoms with van der Waals surface area (Å²) in [5.74, 6) is 1.60. The van der Waals surface area contributed by atoms with Crippen molar-refractivity contribution in [1.29, 1.82) is 0 Å². The fourth-order valence-corrected chi connectivity index (χ4v) is 4.61. The van der Waals surface area contributed by atoms with Crippen molar-refractivity contribution in [2.24, 2.45) is 0 Å². The van der Waals surface area contributed by atoms with Crippen molar-refractivity contribution in [2.45, 2.75) is 50.5 Å². The Balaban J connectivity index is 1.59. The van der Waals surface area contributed by atoms with E-state index in [2.05, 4.69) is 22.0 Å². The van der Waals surface area contributed by atoms with Crippen molar-refractivity contribution in [2.75, 3.05) is 13.7 Å². The van der Waals surface area contributed by atoms with Crippen LogP contribution in [-0.2, 0) is 0 Å². The summed E-state index contributed by atoms with van der Waals surface area (Å²) in [5.41, 5.74) is 1.20. The molecule has 5 heteroatoms. The first-order chi connectivity index (χ1) is 12.3. The first-order valence-electron chi connectivity index (χ1n) is 9.17. The third-order valence-electron chi connectivity index (χ3n) is 5.18. The summed E-state index contributed by atoms with van der Waals surface area (Å²) < 4.78 is 5.27. The van der Waals surface area contributed by atoms with E-state index in [0.717, 1.165) is 41.4 Å². The van der Waals surface area contributed by atoms with E-state index < -0.39 is 0 Å². The van der Waals surface area contributed by atoms with Crippen LogP contribution in [0.25, 0.3) is 0 Å². The van der Waals surface area contributed by atoms with E-state index in [9.17, 15) is 4.79 Å². The number of rotatable bonds is 4. The SMILES string of the molecule is COc1ccc(C2CCCCCN2C(=O)c2cnc(C3CC3)s2)cc1. The minimum absolute atomic E-state index is 0.145. The molecule has 1 atom stereocenters. The van der Waals surface area contributed by atoms with Gasteiger partial charge in [-0.2, -0.15) is 0 Å². The molecular weight excluding hydrogens is 332 g/mol. The number of benzene rings is 1. The number of aromatic nitrogens is 1. The lowest BCUT2D eigenvalue weighted by Gasteiger charge is -2.30. The number of carbonyl (C=O) groups excluding carboxylic acids is 1. The van der Waals surface area contributed by atoms with Gasteiger partial charge >= 0.3 is 0 Å². The summed E-state index contributed by atoms with van der Waals surface area (Å²) in [7, 11) is 1.68. The fourth-order valence-electron chi connectivity index (χ4n) is 3.57. The number of hydrogen-bond acceptors (Lipinski definition) is 4. The molecule has 0 spiro atoms. The molecule has 1 saturated carbocycles. The molecule has 1 amide bonds. The maximum atomic E-state index is 13.2. The van der Waals surface area contributed by atoms with Crippen LogP contribution in [0.3, 0.4) is 0 Å². The van der Waals surface area contributed by atoms with E-state index in [1.807, 2.05) is 12.1 Å². The smallest absolute Gasteiger partial charge is 0.266 e. The molecule has 0 N–H and O–H groups in total. The third kappa shape index (κ3) is 3.56.